The molecule has 0 atom stereocenters. The van der Waals surface area contributed by atoms with E-state index in [2.05, 4.69) is 50.5 Å². The topological polar surface area (TPSA) is 84.2 Å². The van der Waals surface area contributed by atoms with Crippen LogP contribution in [0.3, 0.4) is 0 Å². The number of nitrogens with one attached hydrogen (secondary N) is 7. The Morgan fingerprint density at radius 2 is 1.44 bits per heavy atom. The monoisotopic (exact) mass is 227 g/mol. The van der Waals surface area contributed by atoms with Crippen LogP contribution in [0.2, 0.25) is 0 Å². The van der Waals surface area contributed by atoms with Gasteiger partial charge in [0.25, 0.3) is 0 Å². The Labute approximate surface area is 96.3 Å². The third kappa shape index (κ3) is 8.43. The maximum atomic E-state index is 3.03. The Balaban J connectivity index is 2.10. The van der Waals surface area contributed by atoms with Gasteiger partial charge in [0.1, 0.15) is 0 Å². The SMILES string of the molecule is C1#CNNNNNNNCCCCCCC1. The lowest BCUT2D eigenvalue weighted by Crippen LogP contribution is -2.60. The fraction of sp³-hybridized carbons (Fsp3) is 0.778. The van der Waals surface area contributed by atoms with Crippen LogP contribution < -0.4 is 38.5 Å². The van der Waals surface area contributed by atoms with Crippen molar-refractivity contribution in [3.63, 3.8) is 0 Å². The third-order valence-electron chi connectivity index (χ3n) is 2.16. The van der Waals surface area contributed by atoms with Crippen molar-refractivity contribution in [1.29, 1.82) is 0 Å². The van der Waals surface area contributed by atoms with E-state index in [0.717, 1.165) is 13.0 Å². The van der Waals surface area contributed by atoms with E-state index in [0.29, 0.717) is 0 Å². The van der Waals surface area contributed by atoms with Gasteiger partial charge in [-0.2, -0.15) is 22.1 Å². The average molecular weight is 227 g/mol. The predicted octanol–water partition coefficient (Wildman–Crippen LogP) is -1.08. The highest BCUT2D eigenvalue weighted by molar-refractivity contribution is 4.94. The first kappa shape index (κ1) is 13.2. The van der Waals surface area contributed by atoms with Gasteiger partial charge in [-0.25, -0.2) is 5.43 Å². The summed E-state index contributed by atoms with van der Waals surface area (Å²) in [4.78, 5) is 0. The van der Waals surface area contributed by atoms with Crippen LogP contribution in [0, 0.1) is 12.0 Å². The largest absolute Gasteiger partial charge is 0.266 e. The first-order valence-electron chi connectivity index (χ1n) is 5.71. The summed E-state index contributed by atoms with van der Waals surface area (Å²) in [6.45, 7) is 0.945. The molecule has 0 bridgehead atoms. The van der Waals surface area contributed by atoms with Crippen molar-refractivity contribution in [3.8, 4) is 12.0 Å². The molecule has 0 spiro atoms. The summed E-state index contributed by atoms with van der Waals surface area (Å²) in [6, 6.07) is 2.79. The van der Waals surface area contributed by atoms with Crippen LogP contribution >= 0.6 is 0 Å². The number of hydrogen-bond acceptors (Lipinski definition) is 7. The lowest BCUT2D eigenvalue weighted by Gasteiger charge is -2.11. The molecule has 7 heteroatoms. The maximum Gasteiger partial charge on any atom is 0.0213 e. The Bertz CT molecular complexity index is 190. The standard InChI is InChI=1S/C9H21N7/c1-2-4-6-8-10-12-14-16-15-13-11-9-7-5-3-1/h10-16H,1-6,8H2. The lowest BCUT2D eigenvalue weighted by molar-refractivity contribution is 0.284. The molecule has 7 N–H and O–H groups in total. The van der Waals surface area contributed by atoms with Crippen molar-refractivity contribution in [3.05, 3.63) is 0 Å². The van der Waals surface area contributed by atoms with Crippen LogP contribution in [0.25, 0.3) is 0 Å². The second kappa shape index (κ2) is 10.6. The molecule has 92 valence electrons. The van der Waals surface area contributed by atoms with Crippen LogP contribution in [0.4, 0.5) is 0 Å². The first-order chi connectivity index (χ1) is 8.00. The van der Waals surface area contributed by atoms with Gasteiger partial charge < -0.3 is 0 Å². The fourth-order valence-electron chi connectivity index (χ4n) is 1.33. The summed E-state index contributed by atoms with van der Waals surface area (Å²) >= 11 is 0. The zero-order chi connectivity index (χ0) is 11.3. The van der Waals surface area contributed by atoms with Crippen LogP contribution in [-0.2, 0) is 0 Å². The van der Waals surface area contributed by atoms with Gasteiger partial charge in [-0.15, -0.1) is 5.53 Å². The van der Waals surface area contributed by atoms with Gasteiger partial charge in [0.15, 0.2) is 0 Å². The minimum atomic E-state index is 0.945. The molecule has 7 nitrogen and oxygen atoms in total. The molecule has 0 fully saturated rings. The van der Waals surface area contributed by atoms with E-state index in [4.69, 9.17) is 0 Å². The molecule has 0 amide bonds. The number of hydrazine groups is 6. The average Bonchev–Trinajstić information content (AvgIpc) is 2.29. The molecule has 0 aromatic heterocycles. The van der Waals surface area contributed by atoms with Crippen molar-refractivity contribution >= 4 is 0 Å². The fourth-order valence-corrected chi connectivity index (χ4v) is 1.33. The molecule has 1 aliphatic rings. The van der Waals surface area contributed by atoms with Crippen molar-refractivity contribution in [2.45, 2.75) is 38.5 Å². The molecule has 0 aromatic rings. The molecule has 0 aliphatic carbocycles. The minimum Gasteiger partial charge on any atom is -0.266 e. The highest BCUT2D eigenvalue weighted by Gasteiger charge is 1.90. The van der Waals surface area contributed by atoms with E-state index < -0.39 is 0 Å². The molecular weight excluding hydrogens is 206 g/mol. The van der Waals surface area contributed by atoms with Crippen LogP contribution in [0.5, 0.6) is 0 Å². The van der Waals surface area contributed by atoms with Crippen molar-refractivity contribution < 1.29 is 0 Å². The number of hydrogen-bond donors (Lipinski definition) is 7. The molecule has 1 heterocycles. The quantitative estimate of drug-likeness (QED) is 0.265. The summed E-state index contributed by atoms with van der Waals surface area (Å²) in [5, 5.41) is 0. The van der Waals surface area contributed by atoms with E-state index in [9.17, 15) is 0 Å². The molecule has 1 rings (SSSR count). The van der Waals surface area contributed by atoms with Gasteiger partial charge in [-0.1, -0.05) is 25.2 Å². The smallest absolute Gasteiger partial charge is 0.0213 e. The van der Waals surface area contributed by atoms with Gasteiger partial charge in [-0.3, -0.25) is 5.43 Å². The Kier molecular flexibility index (Phi) is 8.76. The lowest BCUT2D eigenvalue weighted by atomic mass is 10.1. The molecule has 0 unspecified atom stereocenters. The maximum absolute atomic E-state index is 3.03. The predicted molar refractivity (Wildman–Crippen MR) is 62.3 cm³/mol. The van der Waals surface area contributed by atoms with E-state index in [-0.39, 0.29) is 0 Å². The van der Waals surface area contributed by atoms with Gasteiger partial charge in [0, 0.05) is 19.0 Å². The van der Waals surface area contributed by atoms with Crippen LogP contribution in [0.15, 0.2) is 0 Å². The normalized spacial score (nSPS) is 21.5. The van der Waals surface area contributed by atoms with Gasteiger partial charge in [0.05, 0.1) is 0 Å². The van der Waals surface area contributed by atoms with Gasteiger partial charge in [0.2, 0.25) is 0 Å². The molecular formula is C9H21N7. The molecule has 0 aromatic carbocycles. The highest BCUT2D eigenvalue weighted by atomic mass is 15.9. The van der Waals surface area contributed by atoms with Crippen LogP contribution in [0.1, 0.15) is 38.5 Å². The molecule has 16 heavy (non-hydrogen) atoms. The Hall–Kier alpha value is -0.880. The van der Waals surface area contributed by atoms with Crippen molar-refractivity contribution in [1.82, 2.24) is 38.5 Å². The number of rotatable bonds is 0. The zero-order valence-electron chi connectivity index (χ0n) is 9.45. The van der Waals surface area contributed by atoms with Crippen LogP contribution in [-0.4, -0.2) is 6.54 Å². The summed E-state index contributed by atoms with van der Waals surface area (Å²) in [5.41, 5.74) is 19.2. The van der Waals surface area contributed by atoms with Gasteiger partial charge >= 0.3 is 0 Å². The van der Waals surface area contributed by atoms with E-state index in [1.807, 2.05) is 0 Å². The van der Waals surface area contributed by atoms with E-state index in [1.54, 1.807) is 0 Å². The summed E-state index contributed by atoms with van der Waals surface area (Å²) < 4.78 is 0. The van der Waals surface area contributed by atoms with Crippen molar-refractivity contribution in [2.24, 2.45) is 0 Å². The van der Waals surface area contributed by atoms with Crippen molar-refractivity contribution in [2.75, 3.05) is 6.54 Å². The Morgan fingerprint density at radius 1 is 0.688 bits per heavy atom. The molecule has 0 saturated carbocycles. The minimum absolute atomic E-state index is 0.945. The summed E-state index contributed by atoms with van der Waals surface area (Å²) in [5.74, 6) is 3.03. The van der Waals surface area contributed by atoms with Gasteiger partial charge in [-0.05, 0) is 12.8 Å². The Morgan fingerprint density at radius 3 is 2.44 bits per heavy atom. The zero-order valence-corrected chi connectivity index (χ0v) is 9.45. The molecule has 0 saturated heterocycles. The molecule has 1 aliphatic heterocycles. The first-order valence-corrected chi connectivity index (χ1v) is 5.71. The summed E-state index contributed by atoms with van der Waals surface area (Å²) in [7, 11) is 0. The van der Waals surface area contributed by atoms with E-state index in [1.165, 1.54) is 32.1 Å². The second-order valence-corrected chi connectivity index (χ2v) is 3.50. The van der Waals surface area contributed by atoms with E-state index >= 15 is 0 Å². The summed E-state index contributed by atoms with van der Waals surface area (Å²) in [6.07, 6.45) is 7.09. The third-order valence-corrected chi connectivity index (χ3v) is 2.16. The highest BCUT2D eigenvalue weighted by Crippen LogP contribution is 2.03. The molecule has 0 radical (unpaired) electrons. The second-order valence-electron chi connectivity index (χ2n) is 3.50.